The minimum absolute atomic E-state index is 0.0168. The predicted octanol–water partition coefficient (Wildman–Crippen LogP) is 15.4. The topological polar surface area (TPSA) is 175 Å². The number of carbonyl (C=O) groups excluding carboxylic acids is 2. The van der Waals surface area contributed by atoms with E-state index < -0.39 is 49.5 Å². The number of ether oxygens (including phenoxy) is 3. The van der Waals surface area contributed by atoms with Gasteiger partial charge in [0, 0.05) is 12.8 Å². The van der Waals surface area contributed by atoms with Crippen LogP contribution in [0.4, 0.5) is 0 Å². The van der Waals surface area contributed by atoms with Gasteiger partial charge in [-0.2, -0.15) is 0 Å². The van der Waals surface area contributed by atoms with Crippen molar-refractivity contribution in [2.45, 2.75) is 326 Å². The molecule has 1 heterocycles. The van der Waals surface area contributed by atoms with Crippen molar-refractivity contribution in [3.05, 3.63) is 60.8 Å². The summed E-state index contributed by atoms with van der Waals surface area (Å²) in [6, 6.07) is -0.837. The lowest BCUT2D eigenvalue weighted by Crippen LogP contribution is -2.60. The van der Waals surface area contributed by atoms with E-state index in [2.05, 4.69) is 67.8 Å². The Balaban J connectivity index is 2.11. The summed E-state index contributed by atoms with van der Waals surface area (Å²) in [5.74, 6) is -0.219. The average molecular weight is 1090 g/mol. The summed E-state index contributed by atoms with van der Waals surface area (Å²) in [7, 11) is 0. The molecule has 0 radical (unpaired) electrons. The molecule has 0 aliphatic carbocycles. The molecule has 0 aromatic heterocycles. The van der Waals surface area contributed by atoms with Crippen LogP contribution in [-0.4, -0.2) is 100 Å². The number of amides is 1. The molecule has 0 spiro atoms. The first kappa shape index (κ1) is 72.4. The zero-order chi connectivity index (χ0) is 55.9. The van der Waals surface area contributed by atoms with Gasteiger partial charge in [-0.15, -0.1) is 0 Å². The molecule has 1 saturated heterocycles. The Morgan fingerprint density at radius 1 is 0.481 bits per heavy atom. The monoisotopic (exact) mass is 1090 g/mol. The van der Waals surface area contributed by atoms with E-state index >= 15 is 0 Å². The van der Waals surface area contributed by atoms with Crippen molar-refractivity contribution >= 4 is 11.9 Å². The van der Waals surface area contributed by atoms with Crippen molar-refractivity contribution < 1.29 is 49.3 Å². The maximum absolute atomic E-state index is 13.1. The summed E-state index contributed by atoms with van der Waals surface area (Å²) >= 11 is 0. The molecule has 0 saturated carbocycles. The first-order valence-corrected chi connectivity index (χ1v) is 32.1. The number of carbonyl (C=O) groups is 2. The van der Waals surface area contributed by atoms with Crippen molar-refractivity contribution in [1.82, 2.24) is 5.32 Å². The molecule has 77 heavy (non-hydrogen) atoms. The lowest BCUT2D eigenvalue weighted by Gasteiger charge is -2.40. The average Bonchev–Trinajstić information content (AvgIpc) is 3.43. The first-order valence-electron chi connectivity index (χ1n) is 32.1. The standard InChI is InChI=1S/C66H119NO10/c1-3-5-7-9-11-13-15-16-26-29-33-36-40-44-48-52-59(69)58(57-76-66-65(74)64(73)63(72)60(56-68)77-66)67-61(70)53-49-45-41-37-34-30-27-24-22-20-18-17-19-21-23-25-28-31-35-39-43-47-51-55-75-62(71)54-50-46-42-38-32-14-12-10-8-6-4-2/h10,12,17,19-20,22,33,36,48,52,58-60,63-66,68-69,72-74H,3-9,11,13-16,18,21,23-32,34-35,37-47,49-51,53-57H2,1-2H3,(H,67,70)/b12-10-,19-17-,22-20-,36-33+,52-48+. The number of unbranched alkanes of at least 4 members (excludes halogenated alkanes) is 33. The Morgan fingerprint density at radius 3 is 1.40 bits per heavy atom. The van der Waals surface area contributed by atoms with E-state index in [9.17, 15) is 35.1 Å². The van der Waals surface area contributed by atoms with Crippen LogP contribution in [0.2, 0.25) is 0 Å². The third-order valence-electron chi connectivity index (χ3n) is 14.8. The summed E-state index contributed by atoms with van der Waals surface area (Å²) in [5, 5.41) is 54.4. The van der Waals surface area contributed by atoms with E-state index in [4.69, 9.17) is 14.2 Å². The maximum atomic E-state index is 13.1. The normalized spacial score (nSPS) is 19.0. The molecule has 11 heteroatoms. The largest absolute Gasteiger partial charge is 0.466 e. The Morgan fingerprint density at radius 2 is 0.896 bits per heavy atom. The number of esters is 1. The lowest BCUT2D eigenvalue weighted by molar-refractivity contribution is -0.302. The molecule has 7 unspecified atom stereocenters. The van der Waals surface area contributed by atoms with Crippen molar-refractivity contribution in [3.63, 3.8) is 0 Å². The summed E-state index contributed by atoms with van der Waals surface area (Å²) in [4.78, 5) is 25.1. The minimum atomic E-state index is -1.58. The van der Waals surface area contributed by atoms with Crippen LogP contribution in [0.25, 0.3) is 0 Å². The van der Waals surface area contributed by atoms with E-state index in [-0.39, 0.29) is 18.5 Å². The van der Waals surface area contributed by atoms with Gasteiger partial charge in [0.05, 0.1) is 32.0 Å². The molecular formula is C66H119NO10. The van der Waals surface area contributed by atoms with Gasteiger partial charge in [-0.3, -0.25) is 9.59 Å². The predicted molar refractivity (Wildman–Crippen MR) is 320 cm³/mol. The number of rotatable bonds is 55. The van der Waals surface area contributed by atoms with Gasteiger partial charge in [0.15, 0.2) is 6.29 Å². The summed E-state index contributed by atoms with van der Waals surface area (Å²) in [6.07, 6.45) is 61.7. The van der Waals surface area contributed by atoms with E-state index in [0.717, 1.165) is 89.9 Å². The molecule has 1 aliphatic heterocycles. The van der Waals surface area contributed by atoms with Crippen molar-refractivity contribution in [1.29, 1.82) is 0 Å². The lowest BCUT2D eigenvalue weighted by atomic mass is 9.99. The van der Waals surface area contributed by atoms with Crippen molar-refractivity contribution in [2.24, 2.45) is 0 Å². The van der Waals surface area contributed by atoms with Crippen molar-refractivity contribution in [3.8, 4) is 0 Å². The zero-order valence-electron chi connectivity index (χ0n) is 49.4. The van der Waals surface area contributed by atoms with E-state index in [1.165, 1.54) is 167 Å². The summed E-state index contributed by atoms with van der Waals surface area (Å²) in [5.41, 5.74) is 0. The quantitative estimate of drug-likeness (QED) is 0.0195. The maximum Gasteiger partial charge on any atom is 0.305 e. The molecule has 0 bridgehead atoms. The first-order chi connectivity index (χ1) is 37.7. The Hall–Kier alpha value is -2.64. The highest BCUT2D eigenvalue weighted by molar-refractivity contribution is 5.76. The number of hydrogen-bond donors (Lipinski definition) is 6. The Labute approximate surface area is 471 Å². The van der Waals surface area contributed by atoms with Crippen LogP contribution in [0.5, 0.6) is 0 Å². The minimum Gasteiger partial charge on any atom is -0.466 e. The van der Waals surface area contributed by atoms with Gasteiger partial charge in [0.25, 0.3) is 0 Å². The van der Waals surface area contributed by atoms with Gasteiger partial charge in [-0.05, 0) is 96.3 Å². The molecule has 0 aromatic rings. The van der Waals surface area contributed by atoms with Crippen LogP contribution in [0.1, 0.15) is 284 Å². The van der Waals surface area contributed by atoms with Crippen LogP contribution >= 0.6 is 0 Å². The van der Waals surface area contributed by atoms with Crippen LogP contribution < -0.4 is 5.32 Å². The smallest absolute Gasteiger partial charge is 0.305 e. The highest BCUT2D eigenvalue weighted by atomic mass is 16.7. The molecule has 1 rings (SSSR count). The second-order valence-electron chi connectivity index (χ2n) is 22.1. The number of allylic oxidation sites excluding steroid dienone is 9. The number of nitrogens with one attached hydrogen (secondary N) is 1. The number of aliphatic hydroxyl groups is 5. The molecule has 448 valence electrons. The van der Waals surface area contributed by atoms with Crippen LogP contribution in [-0.2, 0) is 23.8 Å². The summed E-state index contributed by atoms with van der Waals surface area (Å²) in [6.45, 7) is 4.28. The molecule has 0 aromatic carbocycles. The van der Waals surface area contributed by atoms with E-state index in [1.54, 1.807) is 6.08 Å². The van der Waals surface area contributed by atoms with Crippen LogP contribution in [0, 0.1) is 0 Å². The van der Waals surface area contributed by atoms with E-state index in [1.807, 2.05) is 6.08 Å². The molecule has 11 nitrogen and oxygen atoms in total. The number of aliphatic hydroxyl groups excluding tert-OH is 5. The van der Waals surface area contributed by atoms with Crippen LogP contribution in [0.15, 0.2) is 60.8 Å². The third-order valence-corrected chi connectivity index (χ3v) is 14.8. The zero-order valence-corrected chi connectivity index (χ0v) is 49.4. The SMILES string of the molecule is CCCC/C=C\CCCCCCCC(=O)OCCCCCCCCCCC/C=C\C/C=C\CCCCCCCCCC(=O)NC(COC1OC(CO)C(O)C(O)C1O)C(O)/C=C/CC/C=C/CCCCCCCCCCC. The Bertz CT molecular complexity index is 1460. The van der Waals surface area contributed by atoms with Gasteiger partial charge in [0.1, 0.15) is 24.4 Å². The molecule has 1 aliphatic rings. The second kappa shape index (κ2) is 55.3. The van der Waals surface area contributed by atoms with Gasteiger partial charge < -0.3 is 45.1 Å². The van der Waals surface area contributed by atoms with Gasteiger partial charge in [-0.1, -0.05) is 235 Å². The van der Waals surface area contributed by atoms with Crippen LogP contribution in [0.3, 0.4) is 0 Å². The molecule has 1 amide bonds. The van der Waals surface area contributed by atoms with Crippen molar-refractivity contribution in [2.75, 3.05) is 19.8 Å². The van der Waals surface area contributed by atoms with Gasteiger partial charge >= 0.3 is 5.97 Å². The third kappa shape index (κ3) is 44.8. The van der Waals surface area contributed by atoms with Gasteiger partial charge in [-0.25, -0.2) is 0 Å². The highest BCUT2D eigenvalue weighted by Crippen LogP contribution is 2.23. The van der Waals surface area contributed by atoms with E-state index in [0.29, 0.717) is 19.4 Å². The fourth-order valence-corrected chi connectivity index (χ4v) is 9.70. The molecule has 7 atom stereocenters. The fraction of sp³-hybridized carbons (Fsp3) is 0.818. The second-order valence-corrected chi connectivity index (χ2v) is 22.1. The summed E-state index contributed by atoms with van der Waals surface area (Å²) < 4.78 is 16.7. The highest BCUT2D eigenvalue weighted by Gasteiger charge is 2.44. The molecular weight excluding hydrogens is 967 g/mol. The molecule has 1 fully saturated rings. The van der Waals surface area contributed by atoms with Gasteiger partial charge in [0.2, 0.25) is 5.91 Å². The fourth-order valence-electron chi connectivity index (χ4n) is 9.70. The Kier molecular flexibility index (Phi) is 52.0. The number of hydrogen-bond acceptors (Lipinski definition) is 10. The molecule has 6 N–H and O–H groups in total.